The highest BCUT2D eigenvalue weighted by molar-refractivity contribution is 7.19. The zero-order valence-corrected chi connectivity index (χ0v) is 10.1. The van der Waals surface area contributed by atoms with E-state index < -0.39 is 0 Å². The molecule has 0 saturated carbocycles. The third-order valence-corrected chi connectivity index (χ3v) is 3.08. The van der Waals surface area contributed by atoms with E-state index >= 15 is 0 Å². The number of nitrogen functional groups attached to an aromatic ring is 1. The molecule has 0 aliphatic carbocycles. The number of benzene rings is 1. The summed E-state index contributed by atoms with van der Waals surface area (Å²) >= 11 is 7.25. The molecule has 1 aromatic carbocycles. The molecule has 0 radical (unpaired) electrons. The van der Waals surface area contributed by atoms with Gasteiger partial charge in [0.1, 0.15) is 5.69 Å². The van der Waals surface area contributed by atoms with Crippen LogP contribution in [-0.2, 0) is 0 Å². The van der Waals surface area contributed by atoms with Crippen LogP contribution in [0.3, 0.4) is 0 Å². The van der Waals surface area contributed by atoms with Gasteiger partial charge in [-0.25, -0.2) is 4.98 Å². The van der Waals surface area contributed by atoms with E-state index in [2.05, 4.69) is 15.2 Å². The van der Waals surface area contributed by atoms with Gasteiger partial charge in [-0.05, 0) is 19.1 Å². The molecule has 0 aliphatic rings. The first kappa shape index (κ1) is 11.0. The number of azo groups is 1. The van der Waals surface area contributed by atoms with Crippen molar-refractivity contribution in [1.82, 2.24) is 4.98 Å². The molecule has 2 N–H and O–H groups in total. The van der Waals surface area contributed by atoms with Crippen LogP contribution >= 0.6 is 22.9 Å². The third kappa shape index (κ3) is 2.37. The van der Waals surface area contributed by atoms with E-state index in [9.17, 15) is 0 Å². The van der Waals surface area contributed by atoms with Crippen LogP contribution in [0, 0.1) is 6.92 Å². The summed E-state index contributed by atoms with van der Waals surface area (Å²) in [6.45, 7) is 1.84. The average Bonchev–Trinajstić information content (AvgIpc) is 2.56. The first-order valence-electron chi connectivity index (χ1n) is 4.56. The number of aromatic nitrogens is 1. The second-order valence-electron chi connectivity index (χ2n) is 3.09. The first-order valence-corrected chi connectivity index (χ1v) is 5.75. The Morgan fingerprint density at radius 1 is 1.31 bits per heavy atom. The topological polar surface area (TPSA) is 63.6 Å². The lowest BCUT2D eigenvalue weighted by Gasteiger charge is -1.93. The Balaban J connectivity index is 2.28. The fourth-order valence-electron chi connectivity index (χ4n) is 1.13. The fraction of sp³-hybridized carbons (Fsp3) is 0.100. The van der Waals surface area contributed by atoms with Crippen LogP contribution in [0.1, 0.15) is 5.69 Å². The molecule has 0 aliphatic heterocycles. The van der Waals surface area contributed by atoms with E-state index in [1.165, 1.54) is 11.3 Å². The fourth-order valence-corrected chi connectivity index (χ4v) is 1.96. The molecular formula is C10H9ClN4S. The molecule has 2 aromatic rings. The number of nitrogens with zero attached hydrogens (tertiary/aromatic N) is 3. The Bertz CT molecular complexity index is 535. The molecule has 0 saturated heterocycles. The Morgan fingerprint density at radius 2 is 2.06 bits per heavy atom. The van der Waals surface area contributed by atoms with Crippen molar-refractivity contribution in [2.24, 2.45) is 10.2 Å². The van der Waals surface area contributed by atoms with Crippen LogP contribution < -0.4 is 5.73 Å². The van der Waals surface area contributed by atoms with Gasteiger partial charge in [0.15, 0.2) is 10.1 Å². The normalized spacial score (nSPS) is 11.1. The summed E-state index contributed by atoms with van der Waals surface area (Å²) in [4.78, 5) is 4.06. The zero-order chi connectivity index (χ0) is 11.5. The lowest BCUT2D eigenvalue weighted by Crippen LogP contribution is -1.80. The maximum atomic E-state index is 5.94. The van der Waals surface area contributed by atoms with Gasteiger partial charge in [0.2, 0.25) is 0 Å². The number of thiazole rings is 1. The van der Waals surface area contributed by atoms with Crippen molar-refractivity contribution in [2.45, 2.75) is 6.92 Å². The van der Waals surface area contributed by atoms with E-state index in [1.54, 1.807) is 12.1 Å². The molecule has 0 atom stereocenters. The summed E-state index contributed by atoms with van der Waals surface area (Å²) in [5.41, 5.74) is 6.97. The van der Waals surface area contributed by atoms with Crippen LogP contribution in [0.25, 0.3) is 0 Å². The second kappa shape index (κ2) is 4.59. The van der Waals surface area contributed by atoms with Gasteiger partial charge in [-0.1, -0.05) is 35.1 Å². The monoisotopic (exact) mass is 252 g/mol. The molecule has 0 amide bonds. The molecular weight excluding hydrogens is 244 g/mol. The van der Waals surface area contributed by atoms with Gasteiger partial charge in [0, 0.05) is 0 Å². The summed E-state index contributed by atoms with van der Waals surface area (Å²) in [5.74, 6) is 0. The molecule has 1 aromatic heterocycles. The Hall–Kier alpha value is -1.46. The largest absolute Gasteiger partial charge is 0.375 e. The van der Waals surface area contributed by atoms with Gasteiger partial charge < -0.3 is 5.73 Å². The van der Waals surface area contributed by atoms with Gasteiger partial charge >= 0.3 is 0 Å². The standard InChI is InChI=1S/C10H9ClN4S/c1-6-9(16-10(12)13-6)15-14-8-5-3-2-4-7(8)11/h2-5H,1H3,(H2,12,13). The number of hydrogen-bond acceptors (Lipinski definition) is 5. The molecule has 1 heterocycles. The van der Waals surface area contributed by atoms with Gasteiger partial charge in [0.25, 0.3) is 0 Å². The Kier molecular flexibility index (Phi) is 3.17. The van der Waals surface area contributed by atoms with Crippen LogP contribution in [-0.4, -0.2) is 4.98 Å². The van der Waals surface area contributed by atoms with E-state index in [1.807, 2.05) is 19.1 Å². The quantitative estimate of drug-likeness (QED) is 0.818. The van der Waals surface area contributed by atoms with Crippen molar-refractivity contribution in [3.05, 3.63) is 35.0 Å². The van der Waals surface area contributed by atoms with Crippen molar-refractivity contribution in [3.63, 3.8) is 0 Å². The van der Waals surface area contributed by atoms with Crippen molar-refractivity contribution >= 4 is 38.8 Å². The minimum absolute atomic E-state index is 0.491. The first-order chi connectivity index (χ1) is 7.66. The number of hydrogen-bond donors (Lipinski definition) is 1. The smallest absolute Gasteiger partial charge is 0.182 e. The van der Waals surface area contributed by atoms with Gasteiger partial charge in [-0.15, -0.1) is 10.2 Å². The summed E-state index contributed by atoms with van der Waals surface area (Å²) < 4.78 is 0. The molecule has 4 nitrogen and oxygen atoms in total. The van der Waals surface area contributed by atoms with Crippen molar-refractivity contribution in [1.29, 1.82) is 0 Å². The lowest BCUT2D eigenvalue weighted by atomic mass is 10.3. The predicted molar refractivity (Wildman–Crippen MR) is 66.9 cm³/mol. The van der Waals surface area contributed by atoms with Crippen LogP contribution in [0.15, 0.2) is 34.5 Å². The van der Waals surface area contributed by atoms with Crippen LogP contribution in [0.2, 0.25) is 5.02 Å². The predicted octanol–water partition coefficient (Wildman–Crippen LogP) is 4.10. The highest BCUT2D eigenvalue weighted by Crippen LogP contribution is 2.31. The van der Waals surface area contributed by atoms with E-state index in [-0.39, 0.29) is 0 Å². The second-order valence-corrected chi connectivity index (χ2v) is 4.51. The minimum Gasteiger partial charge on any atom is -0.375 e. The molecule has 2 rings (SSSR count). The summed E-state index contributed by atoms with van der Waals surface area (Å²) in [6.07, 6.45) is 0. The molecule has 82 valence electrons. The van der Waals surface area contributed by atoms with E-state index in [4.69, 9.17) is 17.3 Å². The molecule has 0 spiro atoms. The molecule has 16 heavy (non-hydrogen) atoms. The maximum absolute atomic E-state index is 5.94. The SMILES string of the molecule is Cc1nc(N)sc1N=Nc1ccccc1Cl. The van der Waals surface area contributed by atoms with Crippen LogP contribution in [0.4, 0.5) is 15.8 Å². The summed E-state index contributed by atoms with van der Waals surface area (Å²) in [7, 11) is 0. The van der Waals surface area contributed by atoms with Gasteiger partial charge in [0.05, 0.1) is 10.7 Å². The van der Waals surface area contributed by atoms with Crippen molar-refractivity contribution in [2.75, 3.05) is 5.73 Å². The summed E-state index contributed by atoms with van der Waals surface area (Å²) in [6, 6.07) is 7.26. The van der Waals surface area contributed by atoms with Crippen molar-refractivity contribution in [3.8, 4) is 0 Å². The number of nitrogens with two attached hydrogens (primary N) is 1. The molecule has 6 heteroatoms. The number of anilines is 1. The molecule has 0 unspecified atom stereocenters. The van der Waals surface area contributed by atoms with Crippen molar-refractivity contribution < 1.29 is 0 Å². The Labute approximate surface area is 102 Å². The van der Waals surface area contributed by atoms with Crippen LogP contribution in [0.5, 0.6) is 0 Å². The number of aryl methyl sites for hydroxylation is 1. The number of rotatable bonds is 2. The third-order valence-electron chi connectivity index (χ3n) is 1.89. The summed E-state index contributed by atoms with van der Waals surface area (Å²) in [5, 5.41) is 9.90. The maximum Gasteiger partial charge on any atom is 0.182 e. The zero-order valence-electron chi connectivity index (χ0n) is 8.51. The Morgan fingerprint density at radius 3 is 2.69 bits per heavy atom. The highest BCUT2D eigenvalue weighted by Gasteiger charge is 2.04. The number of halogens is 1. The molecule has 0 fully saturated rings. The minimum atomic E-state index is 0.491. The lowest BCUT2D eigenvalue weighted by molar-refractivity contribution is 1.19. The average molecular weight is 253 g/mol. The van der Waals surface area contributed by atoms with Gasteiger partial charge in [-0.2, -0.15) is 0 Å². The van der Waals surface area contributed by atoms with E-state index in [0.717, 1.165) is 5.69 Å². The highest BCUT2D eigenvalue weighted by atomic mass is 35.5. The molecule has 0 bridgehead atoms. The van der Waals surface area contributed by atoms with E-state index in [0.29, 0.717) is 20.8 Å². The van der Waals surface area contributed by atoms with Gasteiger partial charge in [-0.3, -0.25) is 0 Å².